The van der Waals surface area contributed by atoms with Gasteiger partial charge in [-0.2, -0.15) is 0 Å². The minimum atomic E-state index is -0.198. The number of amides is 1. The number of rotatable bonds is 0. The van der Waals surface area contributed by atoms with Gasteiger partial charge in [0.05, 0.1) is 12.1 Å². The van der Waals surface area contributed by atoms with E-state index in [4.69, 9.17) is 0 Å². The lowest BCUT2D eigenvalue weighted by Gasteiger charge is -2.34. The molecule has 0 saturated heterocycles. The maximum Gasteiger partial charge on any atom is 0.255 e. The number of allylic oxidation sites excluding steroid dienone is 1. The molecule has 0 N–H and O–H groups in total. The highest BCUT2D eigenvalue weighted by atomic mass is 32.1. The predicted molar refractivity (Wildman–Crippen MR) is 83.7 cm³/mol. The Morgan fingerprint density at radius 3 is 2.95 bits per heavy atom. The van der Waals surface area contributed by atoms with E-state index in [0.717, 1.165) is 18.5 Å². The summed E-state index contributed by atoms with van der Waals surface area (Å²) in [5.74, 6) is 0.176. The summed E-state index contributed by atoms with van der Waals surface area (Å²) in [6.45, 7) is 5.13. The number of hydrogen-bond donors (Lipinski definition) is 0. The second-order valence-electron chi connectivity index (χ2n) is 5.94. The minimum Gasteiger partial charge on any atom is -0.324 e. The Bertz CT molecular complexity index is 728. The number of fused-ring (bicyclic) bond motifs is 4. The molecule has 0 saturated carbocycles. The Hall–Kier alpha value is -1.74. The molecule has 2 nitrogen and oxygen atoms in total. The average molecular weight is 282 g/mol. The van der Waals surface area contributed by atoms with E-state index in [1.807, 2.05) is 18.2 Å². The van der Waals surface area contributed by atoms with E-state index in [2.05, 4.69) is 36.3 Å². The number of nitrogens with zero attached hydrogens (tertiary/aromatic N) is 1. The van der Waals surface area contributed by atoms with Crippen molar-refractivity contribution in [3.05, 3.63) is 57.5 Å². The van der Waals surface area contributed by atoms with Crippen molar-refractivity contribution in [2.45, 2.75) is 25.8 Å². The summed E-state index contributed by atoms with van der Waals surface area (Å²) >= 11 is 1.79. The van der Waals surface area contributed by atoms with Crippen LogP contribution in [0.1, 0.15) is 36.2 Å². The molecule has 1 aromatic carbocycles. The summed E-state index contributed by atoms with van der Waals surface area (Å²) in [5, 5.41) is 2.13. The second-order valence-corrected chi connectivity index (χ2v) is 6.86. The van der Waals surface area contributed by atoms with Crippen molar-refractivity contribution >= 4 is 22.6 Å². The molecular weight excluding hydrogens is 266 g/mol. The molecule has 3 aliphatic heterocycles. The zero-order valence-electron chi connectivity index (χ0n) is 11.6. The molecule has 3 heterocycles. The Labute approximate surface area is 122 Å². The van der Waals surface area contributed by atoms with Crippen LogP contribution in [-0.4, -0.2) is 22.7 Å². The number of hydrogen-bond acceptors (Lipinski definition) is 1. The van der Waals surface area contributed by atoms with Gasteiger partial charge in [0.2, 0.25) is 16.3 Å². The van der Waals surface area contributed by atoms with E-state index in [9.17, 15) is 4.79 Å². The van der Waals surface area contributed by atoms with Crippen LogP contribution in [0.25, 0.3) is 0 Å². The summed E-state index contributed by atoms with van der Waals surface area (Å²) in [6.07, 6.45) is 3.08. The maximum absolute atomic E-state index is 12.7. The molecule has 0 radical (unpaired) electrons. The highest BCUT2D eigenvalue weighted by molar-refractivity contribution is 7.82. The van der Waals surface area contributed by atoms with Crippen molar-refractivity contribution in [1.82, 2.24) is 4.90 Å². The summed E-state index contributed by atoms with van der Waals surface area (Å²) in [4.78, 5) is 16.2. The van der Waals surface area contributed by atoms with Gasteiger partial charge in [0, 0.05) is 23.6 Å². The van der Waals surface area contributed by atoms with Gasteiger partial charge in [0.1, 0.15) is 0 Å². The molecule has 0 fully saturated rings. The van der Waals surface area contributed by atoms with Crippen molar-refractivity contribution < 1.29 is 4.79 Å². The van der Waals surface area contributed by atoms with Crippen molar-refractivity contribution in [3.8, 4) is 0 Å². The third-order valence-corrected chi connectivity index (χ3v) is 5.77. The number of carbonyl (C=O) groups excluding carboxylic acids is 1. The van der Waals surface area contributed by atoms with Gasteiger partial charge in [-0.3, -0.25) is 4.79 Å². The first-order chi connectivity index (χ1) is 9.61. The van der Waals surface area contributed by atoms with Crippen LogP contribution in [0.4, 0.5) is 0 Å². The van der Waals surface area contributed by atoms with Gasteiger partial charge in [-0.1, -0.05) is 18.2 Å². The van der Waals surface area contributed by atoms with Crippen LogP contribution in [-0.2, 0) is 16.9 Å². The molecule has 100 valence electrons. The summed E-state index contributed by atoms with van der Waals surface area (Å²) in [5.41, 5.74) is 4.54. The molecule has 0 unspecified atom stereocenters. The van der Waals surface area contributed by atoms with Crippen LogP contribution in [0.3, 0.4) is 0 Å². The molecule has 3 heteroatoms. The van der Waals surface area contributed by atoms with Crippen LogP contribution >= 0.6 is 0 Å². The molecule has 1 atom stereocenters. The molecule has 0 spiro atoms. The van der Waals surface area contributed by atoms with E-state index in [0.29, 0.717) is 0 Å². The first kappa shape index (κ1) is 12.0. The van der Waals surface area contributed by atoms with E-state index >= 15 is 0 Å². The van der Waals surface area contributed by atoms with Gasteiger partial charge in [-0.05, 0) is 31.1 Å². The van der Waals surface area contributed by atoms with E-state index in [1.54, 1.807) is 11.4 Å². The normalized spacial score (nSPS) is 27.2. The van der Waals surface area contributed by atoms with E-state index in [-0.39, 0.29) is 11.4 Å². The lowest BCUT2D eigenvalue weighted by Crippen LogP contribution is -2.41. The number of benzene rings is 1. The van der Waals surface area contributed by atoms with Crippen molar-refractivity contribution in [1.29, 1.82) is 0 Å². The van der Waals surface area contributed by atoms with E-state index in [1.165, 1.54) is 21.6 Å². The van der Waals surface area contributed by atoms with Gasteiger partial charge >= 0.3 is 0 Å². The fourth-order valence-electron chi connectivity index (χ4n) is 3.69. The van der Waals surface area contributed by atoms with Crippen LogP contribution in [0.2, 0.25) is 0 Å². The zero-order valence-corrected chi connectivity index (χ0v) is 12.5. The third kappa shape index (κ3) is 1.39. The molecular formula is C17H16NOS+. The van der Waals surface area contributed by atoms with Gasteiger partial charge in [0.25, 0.3) is 5.91 Å². The summed E-state index contributed by atoms with van der Waals surface area (Å²) in [7, 11) is 0. The van der Waals surface area contributed by atoms with Crippen LogP contribution in [0.5, 0.6) is 0 Å². The third-order valence-electron chi connectivity index (χ3n) is 4.65. The first-order valence-electron chi connectivity index (χ1n) is 6.92. The molecule has 0 aromatic heterocycles. The quantitative estimate of drug-likeness (QED) is 0.529. The number of carbonyl (C=O) groups is 1. The largest absolute Gasteiger partial charge is 0.324 e. The Kier molecular flexibility index (Phi) is 2.34. The Balaban J connectivity index is 1.93. The second kappa shape index (κ2) is 3.89. The molecule has 1 aromatic rings. The topological polar surface area (TPSA) is 20.3 Å². The minimum absolute atomic E-state index is 0.176. The lowest BCUT2D eigenvalue weighted by atomic mass is 9.86. The first-order valence-corrected chi connectivity index (χ1v) is 7.80. The molecule has 4 rings (SSSR count). The molecule has 20 heavy (non-hydrogen) atoms. The smallest absolute Gasteiger partial charge is 0.255 e. The fourth-order valence-corrected chi connectivity index (χ4v) is 4.62. The summed E-state index contributed by atoms with van der Waals surface area (Å²) < 4.78 is 0. The van der Waals surface area contributed by atoms with Crippen molar-refractivity contribution in [2.75, 3.05) is 6.54 Å². The van der Waals surface area contributed by atoms with Crippen LogP contribution in [0.15, 0.2) is 46.4 Å². The highest BCUT2D eigenvalue weighted by Crippen LogP contribution is 2.46. The van der Waals surface area contributed by atoms with Gasteiger partial charge in [0.15, 0.2) is 5.37 Å². The maximum atomic E-state index is 12.7. The van der Waals surface area contributed by atoms with Crippen LogP contribution < -0.4 is 0 Å². The average Bonchev–Trinajstić information content (AvgIpc) is 2.95. The lowest BCUT2D eigenvalue weighted by molar-refractivity contribution is 0.0622. The monoisotopic (exact) mass is 282 g/mol. The van der Waals surface area contributed by atoms with Crippen molar-refractivity contribution in [2.24, 2.45) is 0 Å². The molecule has 0 bridgehead atoms. The van der Waals surface area contributed by atoms with Crippen molar-refractivity contribution in [3.63, 3.8) is 0 Å². The predicted octanol–water partition coefficient (Wildman–Crippen LogP) is 2.86. The Morgan fingerprint density at radius 1 is 1.30 bits per heavy atom. The van der Waals surface area contributed by atoms with E-state index < -0.39 is 0 Å². The summed E-state index contributed by atoms with van der Waals surface area (Å²) in [6, 6.07) is 8.07. The van der Waals surface area contributed by atoms with Crippen LogP contribution in [0, 0.1) is 0 Å². The zero-order chi connectivity index (χ0) is 13.9. The van der Waals surface area contributed by atoms with Gasteiger partial charge < -0.3 is 4.90 Å². The molecule has 3 aliphatic rings. The molecule has 1 amide bonds. The fraction of sp³-hybridized carbons (Fsp3) is 0.294. The standard InChI is InChI=1S/C17H16NOS/c1-11-9-17(2)14-6-4-3-5-13(14)16(19)18(17)10-12-7-8-20-15(11)12/h3-8H,9-10H2,1-2H3/q+1/t17-/m1/s1. The highest BCUT2D eigenvalue weighted by Gasteiger charge is 2.49. The van der Waals surface area contributed by atoms with Gasteiger partial charge in [-0.25, -0.2) is 0 Å². The Morgan fingerprint density at radius 2 is 2.10 bits per heavy atom. The SMILES string of the molecule is CC1=C2[S+]=CC=C2CN2C(=O)c3ccccc3[C@@]2(C)C1. The van der Waals surface area contributed by atoms with Gasteiger partial charge in [-0.15, -0.1) is 0 Å². The molecule has 0 aliphatic carbocycles.